The summed E-state index contributed by atoms with van der Waals surface area (Å²) in [7, 11) is 0. The van der Waals surface area contributed by atoms with Crippen molar-refractivity contribution in [3.8, 4) is 11.5 Å². The van der Waals surface area contributed by atoms with Gasteiger partial charge < -0.3 is 10.2 Å². The van der Waals surface area contributed by atoms with E-state index >= 15 is 0 Å². The molecular weight excluding hydrogens is 260 g/mol. The second-order valence-corrected chi connectivity index (χ2v) is 6.18. The third-order valence-electron chi connectivity index (χ3n) is 4.79. The number of phenols is 2. The molecule has 0 spiro atoms. The van der Waals surface area contributed by atoms with Crippen LogP contribution in [0.25, 0.3) is 0 Å². The first kappa shape index (κ1) is 14.0. The molecule has 0 heterocycles. The summed E-state index contributed by atoms with van der Waals surface area (Å²) >= 11 is 0. The number of para-hydroxylation sites is 1. The minimum absolute atomic E-state index is 0.264. The van der Waals surface area contributed by atoms with Gasteiger partial charge in [0.05, 0.1) is 0 Å². The minimum Gasteiger partial charge on any atom is -0.508 e. The van der Waals surface area contributed by atoms with Gasteiger partial charge in [-0.25, -0.2) is 0 Å². The molecular formula is C19H22O2. The number of hydrogen-bond donors (Lipinski definition) is 2. The van der Waals surface area contributed by atoms with Gasteiger partial charge in [0.15, 0.2) is 0 Å². The third kappa shape index (κ3) is 2.39. The maximum Gasteiger partial charge on any atom is 0.119 e. The van der Waals surface area contributed by atoms with E-state index in [0.29, 0.717) is 11.5 Å². The summed E-state index contributed by atoms with van der Waals surface area (Å²) in [6.45, 7) is 2.05. The lowest BCUT2D eigenvalue weighted by Crippen LogP contribution is -2.30. The Kier molecular flexibility index (Phi) is 3.62. The maximum absolute atomic E-state index is 10.4. The van der Waals surface area contributed by atoms with E-state index in [1.54, 1.807) is 12.1 Å². The topological polar surface area (TPSA) is 40.5 Å². The molecule has 0 radical (unpaired) electrons. The number of phenolic OH excluding ortho intramolecular Hbond substituents is 2. The highest BCUT2D eigenvalue weighted by molar-refractivity contribution is 5.52. The average molecular weight is 282 g/mol. The lowest BCUT2D eigenvalue weighted by molar-refractivity contribution is 0.321. The lowest BCUT2D eigenvalue weighted by Gasteiger charge is -2.39. The van der Waals surface area contributed by atoms with Crippen LogP contribution >= 0.6 is 0 Å². The Hall–Kier alpha value is -1.96. The van der Waals surface area contributed by atoms with Crippen molar-refractivity contribution in [1.82, 2.24) is 0 Å². The fourth-order valence-electron chi connectivity index (χ4n) is 3.75. The van der Waals surface area contributed by atoms with E-state index in [2.05, 4.69) is 6.07 Å². The Labute approximate surface area is 126 Å². The van der Waals surface area contributed by atoms with Crippen molar-refractivity contribution in [3.05, 3.63) is 59.2 Å². The summed E-state index contributed by atoms with van der Waals surface area (Å²) < 4.78 is 0. The maximum atomic E-state index is 10.4. The SMILES string of the molecule is Cc1ccc(O)c(C2(c3ccccc3O)CCCCC2)c1. The van der Waals surface area contributed by atoms with Gasteiger partial charge in [-0.3, -0.25) is 0 Å². The number of benzene rings is 2. The van der Waals surface area contributed by atoms with Crippen LogP contribution < -0.4 is 0 Å². The summed E-state index contributed by atoms with van der Waals surface area (Å²) in [6, 6.07) is 13.4. The van der Waals surface area contributed by atoms with Crippen LogP contribution in [0.1, 0.15) is 48.8 Å². The largest absolute Gasteiger partial charge is 0.508 e. The Morgan fingerprint density at radius 3 is 2.19 bits per heavy atom. The number of rotatable bonds is 2. The van der Waals surface area contributed by atoms with Gasteiger partial charge in [0, 0.05) is 16.5 Å². The van der Waals surface area contributed by atoms with Crippen molar-refractivity contribution in [1.29, 1.82) is 0 Å². The van der Waals surface area contributed by atoms with Crippen LogP contribution in [-0.4, -0.2) is 10.2 Å². The molecule has 0 saturated heterocycles. The van der Waals surface area contributed by atoms with Crippen LogP contribution in [0.2, 0.25) is 0 Å². The van der Waals surface area contributed by atoms with Crippen molar-refractivity contribution in [2.45, 2.75) is 44.4 Å². The highest BCUT2D eigenvalue weighted by Crippen LogP contribution is 2.50. The predicted octanol–water partition coefficient (Wildman–Crippen LogP) is 4.66. The second-order valence-electron chi connectivity index (χ2n) is 6.18. The second kappa shape index (κ2) is 5.44. The highest BCUT2D eigenvalue weighted by Gasteiger charge is 2.39. The summed E-state index contributed by atoms with van der Waals surface area (Å²) in [4.78, 5) is 0. The van der Waals surface area contributed by atoms with E-state index in [4.69, 9.17) is 0 Å². The van der Waals surface area contributed by atoms with Gasteiger partial charge in [0.2, 0.25) is 0 Å². The van der Waals surface area contributed by atoms with Gasteiger partial charge in [-0.1, -0.05) is 55.2 Å². The van der Waals surface area contributed by atoms with E-state index in [1.165, 1.54) is 6.42 Å². The van der Waals surface area contributed by atoms with E-state index in [-0.39, 0.29) is 5.41 Å². The van der Waals surface area contributed by atoms with Crippen LogP contribution in [0.5, 0.6) is 11.5 Å². The highest BCUT2D eigenvalue weighted by atomic mass is 16.3. The van der Waals surface area contributed by atoms with E-state index in [1.807, 2.05) is 31.2 Å². The number of aryl methyl sites for hydroxylation is 1. The minimum atomic E-state index is -0.264. The molecule has 110 valence electrons. The molecule has 0 aliphatic heterocycles. The molecule has 2 heteroatoms. The smallest absolute Gasteiger partial charge is 0.119 e. The quantitative estimate of drug-likeness (QED) is 0.841. The van der Waals surface area contributed by atoms with Crippen molar-refractivity contribution in [2.24, 2.45) is 0 Å². The van der Waals surface area contributed by atoms with Crippen molar-refractivity contribution >= 4 is 0 Å². The van der Waals surface area contributed by atoms with Gasteiger partial charge in [-0.2, -0.15) is 0 Å². The first-order chi connectivity index (χ1) is 10.1. The monoisotopic (exact) mass is 282 g/mol. The normalized spacial score (nSPS) is 17.6. The Balaban J connectivity index is 2.22. The Morgan fingerprint density at radius 1 is 0.810 bits per heavy atom. The van der Waals surface area contributed by atoms with E-state index in [0.717, 1.165) is 42.4 Å². The summed E-state index contributed by atoms with van der Waals surface area (Å²) in [5, 5.41) is 20.8. The van der Waals surface area contributed by atoms with Gasteiger partial charge in [-0.05, 0) is 31.9 Å². The molecule has 21 heavy (non-hydrogen) atoms. The molecule has 2 aromatic carbocycles. The fraction of sp³-hybridized carbons (Fsp3) is 0.368. The number of aromatic hydroxyl groups is 2. The van der Waals surface area contributed by atoms with Crippen LogP contribution in [0.3, 0.4) is 0 Å². The Morgan fingerprint density at radius 2 is 1.48 bits per heavy atom. The Bertz CT molecular complexity index is 640. The zero-order valence-electron chi connectivity index (χ0n) is 12.5. The molecule has 0 unspecified atom stereocenters. The molecule has 1 aliphatic rings. The zero-order valence-corrected chi connectivity index (χ0v) is 12.5. The third-order valence-corrected chi connectivity index (χ3v) is 4.79. The van der Waals surface area contributed by atoms with Crippen molar-refractivity contribution < 1.29 is 10.2 Å². The van der Waals surface area contributed by atoms with Crippen LogP contribution in [-0.2, 0) is 5.41 Å². The van der Waals surface area contributed by atoms with E-state index in [9.17, 15) is 10.2 Å². The van der Waals surface area contributed by atoms with Gasteiger partial charge in [0.25, 0.3) is 0 Å². The van der Waals surface area contributed by atoms with Crippen molar-refractivity contribution in [3.63, 3.8) is 0 Å². The average Bonchev–Trinajstić information content (AvgIpc) is 2.51. The first-order valence-corrected chi connectivity index (χ1v) is 7.72. The van der Waals surface area contributed by atoms with E-state index < -0.39 is 0 Å². The van der Waals surface area contributed by atoms with Crippen molar-refractivity contribution in [2.75, 3.05) is 0 Å². The fourth-order valence-corrected chi connectivity index (χ4v) is 3.75. The summed E-state index contributed by atoms with van der Waals surface area (Å²) in [6.07, 6.45) is 5.43. The molecule has 0 atom stereocenters. The lowest BCUT2D eigenvalue weighted by atomic mass is 9.64. The van der Waals surface area contributed by atoms with Gasteiger partial charge in [-0.15, -0.1) is 0 Å². The van der Waals surface area contributed by atoms with Gasteiger partial charge in [0.1, 0.15) is 11.5 Å². The van der Waals surface area contributed by atoms with Crippen LogP contribution in [0.15, 0.2) is 42.5 Å². The van der Waals surface area contributed by atoms with Crippen LogP contribution in [0.4, 0.5) is 0 Å². The molecule has 3 rings (SSSR count). The molecule has 0 amide bonds. The molecule has 2 aromatic rings. The standard InChI is InChI=1S/C19H22O2/c1-14-9-10-18(21)16(13-14)19(11-5-2-6-12-19)15-7-3-4-8-17(15)20/h3-4,7-10,13,20-21H,2,5-6,11-12H2,1H3. The van der Waals surface area contributed by atoms with Crippen LogP contribution in [0, 0.1) is 6.92 Å². The summed E-state index contributed by atoms with van der Waals surface area (Å²) in [5.41, 5.74) is 2.79. The molecule has 1 fully saturated rings. The molecule has 1 saturated carbocycles. The number of hydrogen-bond acceptors (Lipinski definition) is 2. The first-order valence-electron chi connectivity index (χ1n) is 7.72. The molecule has 2 nitrogen and oxygen atoms in total. The predicted molar refractivity (Wildman–Crippen MR) is 84.8 cm³/mol. The molecule has 0 bridgehead atoms. The zero-order chi connectivity index (χ0) is 14.9. The summed E-state index contributed by atoms with van der Waals surface area (Å²) in [5.74, 6) is 0.672. The molecule has 1 aliphatic carbocycles. The van der Waals surface area contributed by atoms with Gasteiger partial charge >= 0.3 is 0 Å². The molecule has 0 aromatic heterocycles. The molecule has 2 N–H and O–H groups in total.